The van der Waals surface area contributed by atoms with E-state index in [0.717, 1.165) is 5.92 Å². The Labute approximate surface area is 88.8 Å². The van der Waals surface area contributed by atoms with Crippen molar-refractivity contribution < 1.29 is 0 Å². The molecule has 2 N–H and O–H groups in total. The number of hydrogen-bond donors (Lipinski definition) is 1. The lowest BCUT2D eigenvalue weighted by molar-refractivity contribution is 0.150. The first-order valence-electron chi connectivity index (χ1n) is 6.11. The first-order valence-corrected chi connectivity index (χ1v) is 6.11. The van der Waals surface area contributed by atoms with Crippen molar-refractivity contribution in [1.82, 2.24) is 4.90 Å². The monoisotopic (exact) mass is 198 g/mol. The van der Waals surface area contributed by atoms with Crippen LogP contribution in [0.5, 0.6) is 0 Å². The molecule has 0 aromatic rings. The third kappa shape index (κ3) is 3.25. The maximum atomic E-state index is 6.16. The van der Waals surface area contributed by atoms with Gasteiger partial charge in [-0.15, -0.1) is 0 Å². The summed E-state index contributed by atoms with van der Waals surface area (Å²) in [6.07, 6.45) is 6.48. The third-order valence-corrected chi connectivity index (χ3v) is 3.64. The summed E-state index contributed by atoms with van der Waals surface area (Å²) in [5, 5.41) is 0. The smallest absolute Gasteiger partial charge is 0.0244 e. The van der Waals surface area contributed by atoms with Gasteiger partial charge < -0.3 is 10.6 Å². The van der Waals surface area contributed by atoms with Crippen LogP contribution in [0.4, 0.5) is 0 Å². The molecule has 84 valence electrons. The maximum absolute atomic E-state index is 6.16. The highest BCUT2D eigenvalue weighted by atomic mass is 15.1. The van der Waals surface area contributed by atoms with E-state index in [1.165, 1.54) is 38.6 Å². The van der Waals surface area contributed by atoms with E-state index in [4.69, 9.17) is 5.73 Å². The number of likely N-dealkylation sites (N-methyl/N-ethyl adjacent to an activating group) is 1. The van der Waals surface area contributed by atoms with E-state index < -0.39 is 0 Å². The molecule has 1 fully saturated rings. The van der Waals surface area contributed by atoms with E-state index in [0.29, 0.717) is 12.1 Å². The highest BCUT2D eigenvalue weighted by Crippen LogP contribution is 2.21. The minimum Gasteiger partial charge on any atom is -0.326 e. The molecule has 2 nitrogen and oxygen atoms in total. The summed E-state index contributed by atoms with van der Waals surface area (Å²) in [5.41, 5.74) is 6.16. The highest BCUT2D eigenvalue weighted by Gasteiger charge is 2.25. The Morgan fingerprint density at radius 2 is 2.00 bits per heavy atom. The van der Waals surface area contributed by atoms with Crippen molar-refractivity contribution in [3.63, 3.8) is 0 Å². The lowest BCUT2D eigenvalue weighted by Gasteiger charge is -2.37. The number of nitrogens with two attached hydrogens (primary N) is 1. The average molecular weight is 198 g/mol. The molecule has 0 amide bonds. The molecular formula is C12H26N2. The fourth-order valence-corrected chi connectivity index (χ4v) is 2.44. The summed E-state index contributed by atoms with van der Waals surface area (Å²) in [4.78, 5) is 2.48. The summed E-state index contributed by atoms with van der Waals surface area (Å²) in [6, 6.07) is 1.05. The van der Waals surface area contributed by atoms with E-state index >= 15 is 0 Å². The largest absolute Gasteiger partial charge is 0.326 e. The normalized spacial score (nSPS) is 30.6. The second kappa shape index (κ2) is 5.72. The molecule has 1 saturated carbocycles. The number of rotatable bonds is 4. The second-order valence-corrected chi connectivity index (χ2v) is 4.97. The van der Waals surface area contributed by atoms with Crippen molar-refractivity contribution in [1.29, 1.82) is 0 Å². The zero-order valence-corrected chi connectivity index (χ0v) is 10.00. The van der Waals surface area contributed by atoms with Crippen LogP contribution in [0.2, 0.25) is 0 Å². The SMILES string of the molecule is CCC(C)CN(C)C1CCCCC1N. The summed E-state index contributed by atoms with van der Waals surface area (Å²) >= 11 is 0. The molecule has 1 aliphatic rings. The fraction of sp³-hybridized carbons (Fsp3) is 1.00. The number of hydrogen-bond acceptors (Lipinski definition) is 2. The fourth-order valence-electron chi connectivity index (χ4n) is 2.44. The van der Waals surface area contributed by atoms with Crippen LogP contribution in [0.1, 0.15) is 46.0 Å². The van der Waals surface area contributed by atoms with Crippen molar-refractivity contribution >= 4 is 0 Å². The third-order valence-electron chi connectivity index (χ3n) is 3.64. The Morgan fingerprint density at radius 3 is 2.57 bits per heavy atom. The Bertz CT molecular complexity index is 158. The number of nitrogens with zero attached hydrogens (tertiary/aromatic N) is 1. The molecule has 1 rings (SSSR count). The molecule has 2 heteroatoms. The molecular weight excluding hydrogens is 172 g/mol. The van der Waals surface area contributed by atoms with Crippen molar-refractivity contribution in [2.45, 2.75) is 58.0 Å². The van der Waals surface area contributed by atoms with Crippen molar-refractivity contribution in [3.05, 3.63) is 0 Å². The van der Waals surface area contributed by atoms with Crippen LogP contribution in [0.3, 0.4) is 0 Å². The topological polar surface area (TPSA) is 29.3 Å². The van der Waals surface area contributed by atoms with Gasteiger partial charge in [-0.05, 0) is 25.8 Å². The van der Waals surface area contributed by atoms with Gasteiger partial charge in [0.15, 0.2) is 0 Å². The van der Waals surface area contributed by atoms with E-state index in [-0.39, 0.29) is 0 Å². The maximum Gasteiger partial charge on any atom is 0.0244 e. The summed E-state index contributed by atoms with van der Waals surface area (Å²) < 4.78 is 0. The van der Waals surface area contributed by atoms with E-state index in [1.54, 1.807) is 0 Å². The van der Waals surface area contributed by atoms with Crippen LogP contribution in [0, 0.1) is 5.92 Å². The average Bonchev–Trinajstić information content (AvgIpc) is 2.18. The summed E-state index contributed by atoms with van der Waals surface area (Å²) in [5.74, 6) is 0.800. The second-order valence-electron chi connectivity index (χ2n) is 4.97. The van der Waals surface area contributed by atoms with Gasteiger partial charge in [0.1, 0.15) is 0 Å². The van der Waals surface area contributed by atoms with Crippen LogP contribution in [-0.4, -0.2) is 30.6 Å². The zero-order valence-electron chi connectivity index (χ0n) is 10.00. The quantitative estimate of drug-likeness (QED) is 0.750. The van der Waals surface area contributed by atoms with Crippen molar-refractivity contribution in [3.8, 4) is 0 Å². The Kier molecular flexibility index (Phi) is 4.90. The molecule has 0 saturated heterocycles. The van der Waals surface area contributed by atoms with E-state index in [2.05, 4.69) is 25.8 Å². The molecule has 0 heterocycles. The van der Waals surface area contributed by atoms with Crippen LogP contribution in [0.15, 0.2) is 0 Å². The van der Waals surface area contributed by atoms with Gasteiger partial charge in [0.05, 0.1) is 0 Å². The zero-order chi connectivity index (χ0) is 10.6. The lowest BCUT2D eigenvalue weighted by Crippen LogP contribution is -2.49. The summed E-state index contributed by atoms with van der Waals surface area (Å²) in [6.45, 7) is 5.79. The van der Waals surface area contributed by atoms with Crippen molar-refractivity contribution in [2.24, 2.45) is 11.7 Å². The van der Waals surface area contributed by atoms with Gasteiger partial charge in [-0.2, -0.15) is 0 Å². The summed E-state index contributed by atoms with van der Waals surface area (Å²) in [7, 11) is 2.24. The Balaban J connectivity index is 2.37. The minimum atomic E-state index is 0.415. The predicted octanol–water partition coefficient (Wildman–Crippen LogP) is 2.23. The standard InChI is InChI=1S/C12H26N2/c1-4-10(2)9-14(3)12-8-6-5-7-11(12)13/h10-12H,4-9,13H2,1-3H3. The molecule has 0 aliphatic heterocycles. The molecule has 1 aliphatic carbocycles. The van der Waals surface area contributed by atoms with Crippen LogP contribution in [-0.2, 0) is 0 Å². The molecule has 0 aromatic carbocycles. The van der Waals surface area contributed by atoms with Crippen LogP contribution < -0.4 is 5.73 Å². The van der Waals surface area contributed by atoms with Gasteiger partial charge in [0.2, 0.25) is 0 Å². The van der Waals surface area contributed by atoms with E-state index in [9.17, 15) is 0 Å². The molecule has 0 spiro atoms. The van der Waals surface area contributed by atoms with Gasteiger partial charge in [0, 0.05) is 18.6 Å². The first kappa shape index (κ1) is 12.0. The minimum absolute atomic E-state index is 0.415. The molecule has 0 aromatic heterocycles. The van der Waals surface area contributed by atoms with Crippen LogP contribution >= 0.6 is 0 Å². The van der Waals surface area contributed by atoms with Gasteiger partial charge in [-0.3, -0.25) is 0 Å². The molecule has 0 radical (unpaired) electrons. The van der Waals surface area contributed by atoms with Gasteiger partial charge >= 0.3 is 0 Å². The predicted molar refractivity (Wildman–Crippen MR) is 62.3 cm³/mol. The van der Waals surface area contributed by atoms with Crippen LogP contribution in [0.25, 0.3) is 0 Å². The molecule has 3 unspecified atom stereocenters. The molecule has 0 bridgehead atoms. The molecule has 3 atom stereocenters. The van der Waals surface area contributed by atoms with Gasteiger partial charge in [-0.25, -0.2) is 0 Å². The Hall–Kier alpha value is -0.0800. The molecule has 14 heavy (non-hydrogen) atoms. The van der Waals surface area contributed by atoms with E-state index in [1.807, 2.05) is 0 Å². The highest BCUT2D eigenvalue weighted by molar-refractivity contribution is 4.84. The van der Waals surface area contributed by atoms with Gasteiger partial charge in [-0.1, -0.05) is 33.1 Å². The lowest BCUT2D eigenvalue weighted by atomic mass is 9.89. The first-order chi connectivity index (χ1) is 6.65. The van der Waals surface area contributed by atoms with Crippen molar-refractivity contribution in [2.75, 3.05) is 13.6 Å². The Morgan fingerprint density at radius 1 is 1.36 bits per heavy atom. The van der Waals surface area contributed by atoms with Gasteiger partial charge in [0.25, 0.3) is 0 Å².